The van der Waals surface area contributed by atoms with Crippen LogP contribution < -0.4 is 10.6 Å². The maximum Gasteiger partial charge on any atom is 0.191 e. The van der Waals surface area contributed by atoms with E-state index < -0.39 is 0 Å². The van der Waals surface area contributed by atoms with Crippen molar-refractivity contribution in [3.8, 4) is 0 Å². The lowest BCUT2D eigenvalue weighted by Crippen LogP contribution is -2.37. The predicted octanol–water partition coefficient (Wildman–Crippen LogP) is 4.46. The maximum atomic E-state index is 5.98. The number of guanidine groups is 1. The van der Waals surface area contributed by atoms with Gasteiger partial charge in [-0.05, 0) is 36.1 Å². The molecule has 3 rings (SSSR count). The fraction of sp³-hybridized carbons (Fsp3) is 0.435. The molecule has 1 saturated heterocycles. The molecular weight excluding hydrogens is 509 g/mol. The van der Waals surface area contributed by atoms with Gasteiger partial charge in [0.15, 0.2) is 5.96 Å². The lowest BCUT2D eigenvalue weighted by Gasteiger charge is -2.22. The molecule has 5 nitrogen and oxygen atoms in total. The number of thioether (sulfide) groups is 1. The van der Waals surface area contributed by atoms with Crippen molar-refractivity contribution in [1.82, 2.24) is 10.6 Å². The highest BCUT2D eigenvalue weighted by atomic mass is 127. The lowest BCUT2D eigenvalue weighted by atomic mass is 10.1. The van der Waals surface area contributed by atoms with Gasteiger partial charge in [-0.3, -0.25) is 4.99 Å². The Bertz CT molecular complexity index is 738. The van der Waals surface area contributed by atoms with Crippen LogP contribution in [0.15, 0.2) is 64.5 Å². The summed E-state index contributed by atoms with van der Waals surface area (Å²) < 4.78 is 11.4. The van der Waals surface area contributed by atoms with Crippen molar-refractivity contribution >= 4 is 41.7 Å². The Morgan fingerprint density at radius 2 is 1.73 bits per heavy atom. The third-order valence-corrected chi connectivity index (χ3v) is 5.78. The summed E-state index contributed by atoms with van der Waals surface area (Å²) in [5.74, 6) is 1.82. The molecule has 0 atom stereocenters. The number of aliphatic imine (C=N–C) groups is 1. The second-order valence-corrected chi connectivity index (χ2v) is 8.12. The van der Waals surface area contributed by atoms with E-state index in [1.165, 1.54) is 16.0 Å². The quantitative estimate of drug-likeness (QED) is 0.162. The molecule has 0 saturated carbocycles. The zero-order valence-electron chi connectivity index (χ0n) is 17.5. The molecule has 1 fully saturated rings. The van der Waals surface area contributed by atoms with Crippen LogP contribution in [-0.2, 0) is 22.6 Å². The summed E-state index contributed by atoms with van der Waals surface area (Å²) in [7, 11) is 1.80. The van der Waals surface area contributed by atoms with Crippen LogP contribution in [0.1, 0.15) is 24.0 Å². The number of benzene rings is 2. The van der Waals surface area contributed by atoms with Crippen molar-refractivity contribution < 1.29 is 9.47 Å². The minimum atomic E-state index is 0. The second-order valence-electron chi connectivity index (χ2n) is 6.95. The van der Waals surface area contributed by atoms with Crippen molar-refractivity contribution in [3.05, 3.63) is 65.7 Å². The molecule has 30 heavy (non-hydrogen) atoms. The number of hydrogen-bond acceptors (Lipinski definition) is 4. The first kappa shape index (κ1) is 25.0. The van der Waals surface area contributed by atoms with Crippen LogP contribution in [0.2, 0.25) is 0 Å². The molecule has 2 N–H and O–H groups in total. The summed E-state index contributed by atoms with van der Waals surface area (Å²) in [6.07, 6.45) is 2.33. The Morgan fingerprint density at radius 1 is 1.03 bits per heavy atom. The van der Waals surface area contributed by atoms with E-state index >= 15 is 0 Å². The molecule has 2 aromatic carbocycles. The predicted molar refractivity (Wildman–Crippen MR) is 136 cm³/mol. The number of nitrogens with one attached hydrogen (secondary N) is 2. The zero-order valence-corrected chi connectivity index (χ0v) is 20.7. The first-order valence-electron chi connectivity index (χ1n) is 10.2. The van der Waals surface area contributed by atoms with Crippen molar-refractivity contribution in [1.29, 1.82) is 0 Å². The van der Waals surface area contributed by atoms with E-state index in [1.54, 1.807) is 7.05 Å². The molecule has 2 aromatic rings. The molecular formula is C23H32IN3O2S. The highest BCUT2D eigenvalue weighted by Crippen LogP contribution is 2.16. The standard InChI is InChI=1S/C23H31N3O2S.HI/c1-24-23(25-13-16-29-22-5-3-2-4-6-22)26-17-19-7-9-20(10-8-19)18-28-21-11-14-27-15-12-21;/h2-10,21H,11-18H2,1H3,(H2,24,25,26);1H. The van der Waals surface area contributed by atoms with Gasteiger partial charge in [0.25, 0.3) is 0 Å². The van der Waals surface area contributed by atoms with Gasteiger partial charge in [-0.25, -0.2) is 0 Å². The Kier molecular flexibility index (Phi) is 12.2. The number of nitrogens with zero attached hydrogens (tertiary/aromatic N) is 1. The summed E-state index contributed by atoms with van der Waals surface area (Å²) in [5.41, 5.74) is 2.43. The molecule has 0 aliphatic carbocycles. The van der Waals surface area contributed by atoms with Gasteiger partial charge >= 0.3 is 0 Å². The monoisotopic (exact) mass is 541 g/mol. The van der Waals surface area contributed by atoms with Crippen molar-refractivity contribution in [2.24, 2.45) is 4.99 Å². The van der Waals surface area contributed by atoms with E-state index in [9.17, 15) is 0 Å². The van der Waals surface area contributed by atoms with Crippen LogP contribution >= 0.6 is 35.7 Å². The smallest absolute Gasteiger partial charge is 0.191 e. The van der Waals surface area contributed by atoms with Crippen LogP contribution in [0.5, 0.6) is 0 Å². The SMILES string of the molecule is CN=C(NCCSc1ccccc1)NCc1ccc(COC2CCOCC2)cc1.I. The van der Waals surface area contributed by atoms with Crippen LogP contribution in [0.25, 0.3) is 0 Å². The van der Waals surface area contributed by atoms with Gasteiger partial charge in [-0.2, -0.15) is 0 Å². The number of halogens is 1. The Balaban J connectivity index is 0.00000320. The molecule has 1 aliphatic heterocycles. The molecule has 0 aromatic heterocycles. The van der Waals surface area contributed by atoms with Gasteiger partial charge < -0.3 is 20.1 Å². The zero-order chi connectivity index (χ0) is 20.2. The molecule has 7 heteroatoms. The molecule has 0 spiro atoms. The Hall–Kier alpha value is -1.29. The molecule has 164 valence electrons. The highest BCUT2D eigenvalue weighted by molar-refractivity contribution is 14.0. The van der Waals surface area contributed by atoms with E-state index in [4.69, 9.17) is 9.47 Å². The average Bonchev–Trinajstić information content (AvgIpc) is 2.79. The van der Waals surface area contributed by atoms with Gasteiger partial charge in [0.1, 0.15) is 0 Å². The topological polar surface area (TPSA) is 54.9 Å². The first-order valence-corrected chi connectivity index (χ1v) is 11.2. The summed E-state index contributed by atoms with van der Waals surface area (Å²) >= 11 is 1.84. The minimum Gasteiger partial charge on any atom is -0.381 e. The molecule has 0 unspecified atom stereocenters. The third-order valence-electron chi connectivity index (χ3n) is 4.77. The largest absolute Gasteiger partial charge is 0.381 e. The van der Waals surface area contributed by atoms with E-state index in [-0.39, 0.29) is 24.0 Å². The van der Waals surface area contributed by atoms with Crippen molar-refractivity contribution in [2.45, 2.75) is 37.0 Å². The van der Waals surface area contributed by atoms with Crippen molar-refractivity contribution in [2.75, 3.05) is 32.6 Å². The van der Waals surface area contributed by atoms with Crippen molar-refractivity contribution in [3.63, 3.8) is 0 Å². The van der Waals surface area contributed by atoms with Gasteiger partial charge in [0.2, 0.25) is 0 Å². The molecule has 0 bridgehead atoms. The summed E-state index contributed by atoms with van der Waals surface area (Å²) in [6.45, 7) is 3.90. The Morgan fingerprint density at radius 3 is 2.43 bits per heavy atom. The highest BCUT2D eigenvalue weighted by Gasteiger charge is 2.13. The number of ether oxygens (including phenoxy) is 2. The van der Waals surface area contributed by atoms with Gasteiger partial charge in [-0.1, -0.05) is 42.5 Å². The second kappa shape index (κ2) is 14.7. The van der Waals surface area contributed by atoms with E-state index in [2.05, 4.69) is 64.2 Å². The van der Waals surface area contributed by atoms with Crippen LogP contribution in [-0.4, -0.2) is 44.6 Å². The van der Waals surface area contributed by atoms with E-state index in [0.29, 0.717) is 12.7 Å². The number of hydrogen-bond donors (Lipinski definition) is 2. The minimum absolute atomic E-state index is 0. The molecule has 1 aliphatic rings. The average molecular weight is 541 g/mol. The third kappa shape index (κ3) is 9.24. The van der Waals surface area contributed by atoms with E-state index in [1.807, 2.05) is 17.8 Å². The van der Waals surface area contributed by atoms with E-state index in [0.717, 1.165) is 50.9 Å². The maximum absolute atomic E-state index is 5.98. The molecule has 1 heterocycles. The van der Waals surface area contributed by atoms with Crippen LogP contribution in [0.4, 0.5) is 0 Å². The lowest BCUT2D eigenvalue weighted by molar-refractivity contribution is -0.0390. The Labute approximate surface area is 201 Å². The summed E-state index contributed by atoms with van der Waals surface area (Å²) in [5, 5.41) is 6.74. The normalized spacial score (nSPS) is 14.8. The van der Waals surface area contributed by atoms with Gasteiger partial charge in [0, 0.05) is 44.0 Å². The fourth-order valence-electron chi connectivity index (χ4n) is 3.07. The molecule has 0 radical (unpaired) electrons. The van der Waals surface area contributed by atoms with Crippen LogP contribution in [0.3, 0.4) is 0 Å². The summed E-state index contributed by atoms with van der Waals surface area (Å²) in [6, 6.07) is 19.0. The fourth-order valence-corrected chi connectivity index (χ4v) is 3.86. The number of rotatable bonds is 9. The molecule has 0 amide bonds. The first-order chi connectivity index (χ1) is 14.3. The van der Waals surface area contributed by atoms with Gasteiger partial charge in [0.05, 0.1) is 12.7 Å². The summed E-state index contributed by atoms with van der Waals surface area (Å²) in [4.78, 5) is 5.59. The van der Waals surface area contributed by atoms with Crippen LogP contribution in [0, 0.1) is 0 Å². The van der Waals surface area contributed by atoms with Gasteiger partial charge in [-0.15, -0.1) is 35.7 Å².